The van der Waals surface area contributed by atoms with E-state index in [9.17, 15) is 14.7 Å². The fourth-order valence-electron chi connectivity index (χ4n) is 2.85. The lowest BCUT2D eigenvalue weighted by Crippen LogP contribution is -2.35. The van der Waals surface area contributed by atoms with Crippen LogP contribution >= 0.6 is 0 Å². The number of anilines is 1. The van der Waals surface area contributed by atoms with Crippen molar-refractivity contribution in [2.24, 2.45) is 12.5 Å². The second-order valence-electron chi connectivity index (χ2n) is 5.60. The zero-order chi connectivity index (χ0) is 14.6. The maximum atomic E-state index is 12.1. The SMILES string of the molecule is Cn1ccc(NC(=O)CC2(C(=O)O)CCCCCC2)n1. The number of aliphatic carboxylic acids is 1. The van der Waals surface area contributed by atoms with Crippen molar-refractivity contribution < 1.29 is 14.7 Å². The van der Waals surface area contributed by atoms with E-state index in [-0.39, 0.29) is 12.3 Å². The van der Waals surface area contributed by atoms with Crippen LogP contribution in [0, 0.1) is 5.41 Å². The lowest BCUT2D eigenvalue weighted by Gasteiger charge is -2.27. The average Bonchev–Trinajstić information content (AvgIpc) is 2.64. The maximum absolute atomic E-state index is 12.1. The van der Waals surface area contributed by atoms with Crippen molar-refractivity contribution in [1.82, 2.24) is 9.78 Å². The van der Waals surface area contributed by atoms with E-state index in [1.807, 2.05) is 0 Å². The molecule has 1 fully saturated rings. The number of nitrogens with zero attached hydrogens (tertiary/aromatic N) is 2. The molecule has 1 aromatic rings. The number of carboxylic acid groups (broad SMARTS) is 1. The predicted molar refractivity (Wildman–Crippen MR) is 74.2 cm³/mol. The Morgan fingerprint density at radius 1 is 1.35 bits per heavy atom. The molecule has 6 nitrogen and oxygen atoms in total. The third kappa shape index (κ3) is 3.37. The summed E-state index contributed by atoms with van der Waals surface area (Å²) < 4.78 is 1.59. The Labute approximate surface area is 118 Å². The van der Waals surface area contributed by atoms with Crippen molar-refractivity contribution >= 4 is 17.7 Å². The van der Waals surface area contributed by atoms with Crippen LogP contribution in [-0.2, 0) is 16.6 Å². The van der Waals surface area contributed by atoms with Gasteiger partial charge in [0.1, 0.15) is 0 Å². The monoisotopic (exact) mass is 279 g/mol. The Hall–Kier alpha value is -1.85. The van der Waals surface area contributed by atoms with Crippen LogP contribution < -0.4 is 5.32 Å². The largest absolute Gasteiger partial charge is 0.481 e. The molecular formula is C14H21N3O3. The van der Waals surface area contributed by atoms with Gasteiger partial charge in [0.25, 0.3) is 0 Å². The summed E-state index contributed by atoms with van der Waals surface area (Å²) in [7, 11) is 1.76. The van der Waals surface area contributed by atoms with E-state index in [2.05, 4.69) is 10.4 Å². The van der Waals surface area contributed by atoms with E-state index < -0.39 is 11.4 Å². The van der Waals surface area contributed by atoms with Gasteiger partial charge in [0, 0.05) is 25.7 Å². The van der Waals surface area contributed by atoms with Crippen LogP contribution in [0.4, 0.5) is 5.82 Å². The highest BCUT2D eigenvalue weighted by Crippen LogP contribution is 2.38. The van der Waals surface area contributed by atoms with Crippen LogP contribution in [0.2, 0.25) is 0 Å². The number of carbonyl (C=O) groups is 2. The van der Waals surface area contributed by atoms with Gasteiger partial charge in [-0.2, -0.15) is 5.10 Å². The molecule has 110 valence electrons. The van der Waals surface area contributed by atoms with Crippen LogP contribution in [-0.4, -0.2) is 26.8 Å². The number of aryl methyl sites for hydroxylation is 1. The van der Waals surface area contributed by atoms with Crippen molar-refractivity contribution in [3.05, 3.63) is 12.3 Å². The fourth-order valence-corrected chi connectivity index (χ4v) is 2.85. The van der Waals surface area contributed by atoms with Gasteiger partial charge in [-0.25, -0.2) is 0 Å². The van der Waals surface area contributed by atoms with Gasteiger partial charge >= 0.3 is 5.97 Å². The standard InChI is InChI=1S/C14H21N3O3/c1-17-9-6-11(16-17)15-12(18)10-14(13(19)20)7-4-2-3-5-8-14/h6,9H,2-5,7-8,10H2,1H3,(H,19,20)(H,15,16,18). The second kappa shape index (κ2) is 6.07. The number of carbonyl (C=O) groups excluding carboxylic acids is 1. The van der Waals surface area contributed by atoms with Gasteiger partial charge in [-0.15, -0.1) is 0 Å². The number of hydrogen-bond donors (Lipinski definition) is 2. The summed E-state index contributed by atoms with van der Waals surface area (Å²) in [4.78, 5) is 23.7. The summed E-state index contributed by atoms with van der Waals surface area (Å²) in [5, 5.41) is 16.3. The Morgan fingerprint density at radius 3 is 2.50 bits per heavy atom. The summed E-state index contributed by atoms with van der Waals surface area (Å²) in [6.45, 7) is 0. The maximum Gasteiger partial charge on any atom is 0.310 e. The zero-order valence-electron chi connectivity index (χ0n) is 11.8. The minimum Gasteiger partial charge on any atom is -0.481 e. The Balaban J connectivity index is 2.03. The minimum absolute atomic E-state index is 0.0267. The molecule has 1 aliphatic carbocycles. The van der Waals surface area contributed by atoms with E-state index in [1.54, 1.807) is 24.0 Å². The highest BCUT2D eigenvalue weighted by atomic mass is 16.4. The summed E-state index contributed by atoms with van der Waals surface area (Å²) in [5.41, 5.74) is -0.907. The Kier molecular flexibility index (Phi) is 4.42. The van der Waals surface area contributed by atoms with E-state index >= 15 is 0 Å². The summed E-state index contributed by atoms with van der Waals surface area (Å²) in [6, 6.07) is 1.69. The first-order valence-corrected chi connectivity index (χ1v) is 7.05. The molecule has 0 bridgehead atoms. The summed E-state index contributed by atoms with van der Waals surface area (Å²) in [5.74, 6) is -0.657. The predicted octanol–water partition coefficient (Wildman–Crippen LogP) is 2.17. The van der Waals surface area contributed by atoms with E-state index in [4.69, 9.17) is 0 Å². The first kappa shape index (κ1) is 14.6. The molecule has 0 aromatic carbocycles. The Morgan fingerprint density at radius 2 is 2.00 bits per heavy atom. The molecule has 1 aliphatic rings. The fraction of sp³-hybridized carbons (Fsp3) is 0.643. The molecule has 1 saturated carbocycles. The smallest absolute Gasteiger partial charge is 0.310 e. The van der Waals surface area contributed by atoms with Crippen LogP contribution in [0.5, 0.6) is 0 Å². The van der Waals surface area contributed by atoms with Crippen molar-refractivity contribution in [2.45, 2.75) is 44.9 Å². The molecular weight excluding hydrogens is 258 g/mol. The number of hydrogen-bond acceptors (Lipinski definition) is 3. The number of rotatable bonds is 4. The molecule has 20 heavy (non-hydrogen) atoms. The Bertz CT molecular complexity index is 488. The van der Waals surface area contributed by atoms with Gasteiger partial charge in [0.15, 0.2) is 5.82 Å². The van der Waals surface area contributed by atoms with Gasteiger partial charge < -0.3 is 10.4 Å². The first-order chi connectivity index (χ1) is 9.52. The quantitative estimate of drug-likeness (QED) is 0.827. The second-order valence-corrected chi connectivity index (χ2v) is 5.60. The molecule has 1 heterocycles. The lowest BCUT2D eigenvalue weighted by molar-refractivity contribution is -0.152. The normalized spacial score (nSPS) is 18.2. The molecule has 2 N–H and O–H groups in total. The van der Waals surface area contributed by atoms with Crippen LogP contribution in [0.25, 0.3) is 0 Å². The summed E-state index contributed by atoms with van der Waals surface area (Å²) >= 11 is 0. The van der Waals surface area contributed by atoms with Crippen molar-refractivity contribution in [2.75, 3.05) is 5.32 Å². The van der Waals surface area contributed by atoms with Gasteiger partial charge in [0.2, 0.25) is 5.91 Å². The van der Waals surface area contributed by atoms with Gasteiger partial charge in [0.05, 0.1) is 5.41 Å². The molecule has 0 unspecified atom stereocenters. The molecule has 0 atom stereocenters. The molecule has 6 heteroatoms. The van der Waals surface area contributed by atoms with Crippen molar-refractivity contribution in [1.29, 1.82) is 0 Å². The number of amides is 1. The van der Waals surface area contributed by atoms with Crippen molar-refractivity contribution in [3.8, 4) is 0 Å². The number of carboxylic acids is 1. The third-order valence-corrected chi connectivity index (χ3v) is 3.99. The molecule has 0 radical (unpaired) electrons. The van der Waals surface area contributed by atoms with Crippen LogP contribution in [0.1, 0.15) is 44.9 Å². The van der Waals surface area contributed by atoms with Gasteiger partial charge in [-0.3, -0.25) is 14.3 Å². The molecule has 1 amide bonds. The van der Waals surface area contributed by atoms with Gasteiger partial charge in [-0.1, -0.05) is 25.7 Å². The number of aromatic nitrogens is 2. The molecule has 1 aromatic heterocycles. The number of nitrogens with one attached hydrogen (secondary N) is 1. The molecule has 0 spiro atoms. The zero-order valence-corrected chi connectivity index (χ0v) is 11.8. The van der Waals surface area contributed by atoms with Crippen LogP contribution in [0.15, 0.2) is 12.3 Å². The average molecular weight is 279 g/mol. The first-order valence-electron chi connectivity index (χ1n) is 7.05. The van der Waals surface area contributed by atoms with Crippen molar-refractivity contribution in [3.63, 3.8) is 0 Å². The topological polar surface area (TPSA) is 84.2 Å². The van der Waals surface area contributed by atoms with E-state index in [0.717, 1.165) is 25.7 Å². The molecule has 0 aliphatic heterocycles. The van der Waals surface area contributed by atoms with E-state index in [0.29, 0.717) is 18.7 Å². The highest BCUT2D eigenvalue weighted by molar-refractivity contribution is 5.93. The lowest BCUT2D eigenvalue weighted by atomic mass is 9.77. The third-order valence-electron chi connectivity index (χ3n) is 3.99. The van der Waals surface area contributed by atoms with E-state index in [1.165, 1.54) is 0 Å². The summed E-state index contributed by atoms with van der Waals surface area (Å²) in [6.07, 6.45) is 6.78. The molecule has 0 saturated heterocycles. The van der Waals surface area contributed by atoms with Gasteiger partial charge in [-0.05, 0) is 12.8 Å². The molecule has 2 rings (SSSR count). The minimum atomic E-state index is -0.907. The van der Waals surface area contributed by atoms with Crippen LogP contribution in [0.3, 0.4) is 0 Å². The highest BCUT2D eigenvalue weighted by Gasteiger charge is 2.40.